The van der Waals surface area contributed by atoms with Crippen molar-refractivity contribution >= 4 is 11.9 Å². The van der Waals surface area contributed by atoms with E-state index in [2.05, 4.69) is 12.2 Å². The van der Waals surface area contributed by atoms with Crippen LogP contribution in [0.25, 0.3) is 0 Å². The normalized spacial score (nSPS) is 10.8. The number of benzene rings is 1. The molecule has 1 rings (SSSR count). The number of carbonyl (C=O) groups excluding carboxylic acids is 1. The Labute approximate surface area is 200 Å². The van der Waals surface area contributed by atoms with Crippen LogP contribution in [0.1, 0.15) is 120 Å². The summed E-state index contributed by atoms with van der Waals surface area (Å²) in [4.78, 5) is 22.5. The second-order valence-electron chi connectivity index (χ2n) is 8.91. The fourth-order valence-corrected chi connectivity index (χ4v) is 3.88. The average molecular weight is 464 g/mol. The molecule has 0 bridgehead atoms. The van der Waals surface area contributed by atoms with Crippen LogP contribution in [0, 0.1) is 0 Å². The van der Waals surface area contributed by atoms with Crippen molar-refractivity contribution in [1.82, 2.24) is 5.32 Å². The van der Waals surface area contributed by atoms with Gasteiger partial charge in [0.05, 0.1) is 12.2 Å². The molecule has 1 amide bonds. The van der Waals surface area contributed by atoms with Crippen LogP contribution in [0.15, 0.2) is 18.2 Å². The molecule has 0 saturated carbocycles. The number of hydrogen-bond acceptors (Lipinski definition) is 4. The molecule has 188 valence electrons. The van der Waals surface area contributed by atoms with Crippen molar-refractivity contribution in [3.05, 3.63) is 23.8 Å². The Kier molecular flexibility index (Phi) is 16.8. The van der Waals surface area contributed by atoms with Gasteiger partial charge in [0.15, 0.2) is 0 Å². The van der Waals surface area contributed by atoms with E-state index in [0.717, 1.165) is 12.8 Å². The number of phenolic OH excluding ortho intramolecular Hbond substituents is 1. The van der Waals surface area contributed by atoms with Crippen molar-refractivity contribution in [3.8, 4) is 11.5 Å². The fourth-order valence-electron chi connectivity index (χ4n) is 3.88. The zero-order valence-electron chi connectivity index (χ0n) is 20.6. The third kappa shape index (κ3) is 15.3. The van der Waals surface area contributed by atoms with E-state index in [4.69, 9.17) is 9.84 Å². The van der Waals surface area contributed by atoms with Crippen molar-refractivity contribution in [2.45, 2.75) is 110 Å². The predicted octanol–water partition coefficient (Wildman–Crippen LogP) is 6.85. The molecule has 0 aliphatic rings. The molecule has 0 unspecified atom stereocenters. The Hall–Kier alpha value is -2.24. The summed E-state index contributed by atoms with van der Waals surface area (Å²) < 4.78 is 5.69. The molecule has 6 nitrogen and oxygen atoms in total. The van der Waals surface area contributed by atoms with Crippen LogP contribution in [-0.4, -0.2) is 35.2 Å². The molecule has 0 aromatic heterocycles. The number of phenols is 1. The van der Waals surface area contributed by atoms with Crippen LogP contribution >= 0.6 is 0 Å². The molecule has 0 fully saturated rings. The maximum Gasteiger partial charge on any atom is 0.322 e. The van der Waals surface area contributed by atoms with Gasteiger partial charge in [0, 0.05) is 0 Å². The quantitative estimate of drug-likeness (QED) is 0.173. The number of hydrogen-bond donors (Lipinski definition) is 3. The molecule has 1 aromatic rings. The number of rotatable bonds is 21. The van der Waals surface area contributed by atoms with Crippen LogP contribution in [0.4, 0.5) is 0 Å². The second-order valence-corrected chi connectivity index (χ2v) is 8.91. The lowest BCUT2D eigenvalue weighted by atomic mass is 10.0. The summed E-state index contributed by atoms with van der Waals surface area (Å²) in [5.41, 5.74) is 0.0146. The highest BCUT2D eigenvalue weighted by molar-refractivity contribution is 5.98. The van der Waals surface area contributed by atoms with Gasteiger partial charge < -0.3 is 20.3 Å². The number of carboxylic acids is 1. The third-order valence-electron chi connectivity index (χ3n) is 5.88. The number of aliphatic carboxylic acids is 1. The predicted molar refractivity (Wildman–Crippen MR) is 133 cm³/mol. The van der Waals surface area contributed by atoms with Gasteiger partial charge in [0.2, 0.25) is 0 Å². The van der Waals surface area contributed by atoms with Gasteiger partial charge in [-0.05, 0) is 24.6 Å². The minimum atomic E-state index is -1.14. The third-order valence-corrected chi connectivity index (χ3v) is 5.88. The molecule has 0 aliphatic carbocycles. The fraction of sp³-hybridized carbons (Fsp3) is 0.704. The molecule has 1 aromatic carbocycles. The smallest absolute Gasteiger partial charge is 0.322 e. The van der Waals surface area contributed by atoms with Crippen molar-refractivity contribution < 1.29 is 24.5 Å². The van der Waals surface area contributed by atoms with Crippen molar-refractivity contribution in [2.24, 2.45) is 0 Å². The zero-order valence-corrected chi connectivity index (χ0v) is 20.6. The first kappa shape index (κ1) is 28.8. The van der Waals surface area contributed by atoms with Crippen LogP contribution in [0.5, 0.6) is 11.5 Å². The molecule has 0 radical (unpaired) electrons. The summed E-state index contributed by atoms with van der Waals surface area (Å²) in [6, 6.07) is 4.44. The van der Waals surface area contributed by atoms with E-state index in [1.54, 1.807) is 6.07 Å². The van der Waals surface area contributed by atoms with Gasteiger partial charge in [0.1, 0.15) is 18.0 Å². The maximum absolute atomic E-state index is 12.0. The molecule has 0 aliphatic heterocycles. The summed E-state index contributed by atoms with van der Waals surface area (Å²) in [6.45, 7) is 2.32. The zero-order chi connectivity index (χ0) is 24.2. The SMILES string of the molecule is CCCCCCCCCCCCCCCCCCOc1ccc(O)c(C(=O)NCC(=O)O)c1. The van der Waals surface area contributed by atoms with Crippen molar-refractivity contribution in [1.29, 1.82) is 0 Å². The average Bonchev–Trinajstić information content (AvgIpc) is 2.80. The second kappa shape index (κ2) is 19.2. The van der Waals surface area contributed by atoms with E-state index < -0.39 is 18.4 Å². The lowest BCUT2D eigenvalue weighted by Gasteiger charge is -2.10. The van der Waals surface area contributed by atoms with Gasteiger partial charge >= 0.3 is 5.97 Å². The Morgan fingerprint density at radius 3 is 1.76 bits per heavy atom. The van der Waals surface area contributed by atoms with E-state index >= 15 is 0 Å². The summed E-state index contributed by atoms with van der Waals surface area (Å²) in [5.74, 6) is -1.48. The number of amides is 1. The Bertz CT molecular complexity index is 662. The van der Waals surface area contributed by atoms with Crippen LogP contribution in [-0.2, 0) is 4.79 Å². The summed E-state index contributed by atoms with van der Waals surface area (Å²) >= 11 is 0. The van der Waals surface area contributed by atoms with Crippen molar-refractivity contribution in [3.63, 3.8) is 0 Å². The number of ether oxygens (including phenoxy) is 1. The van der Waals surface area contributed by atoms with Gasteiger partial charge in [-0.15, -0.1) is 0 Å². The Morgan fingerprint density at radius 2 is 1.27 bits per heavy atom. The van der Waals surface area contributed by atoms with E-state index in [1.165, 1.54) is 102 Å². The standard InChI is InChI=1S/C27H45NO5/c1-2-3-4-5-6-7-8-9-10-11-12-13-14-15-16-17-20-33-23-18-19-25(29)24(21-23)27(32)28-22-26(30)31/h18-19,21,29H,2-17,20,22H2,1H3,(H,28,32)(H,30,31). The molecule has 0 heterocycles. The topological polar surface area (TPSA) is 95.9 Å². The summed E-state index contributed by atoms with van der Waals surface area (Å²) in [5, 5.41) is 20.7. The van der Waals surface area contributed by atoms with Gasteiger partial charge in [-0.2, -0.15) is 0 Å². The van der Waals surface area contributed by atoms with Crippen molar-refractivity contribution in [2.75, 3.05) is 13.2 Å². The molecule has 6 heteroatoms. The minimum Gasteiger partial charge on any atom is -0.507 e. The lowest BCUT2D eigenvalue weighted by Crippen LogP contribution is -2.29. The maximum atomic E-state index is 12.0. The minimum absolute atomic E-state index is 0.0146. The van der Waals surface area contributed by atoms with E-state index in [1.807, 2.05) is 0 Å². The Balaban J connectivity index is 1.99. The molecular formula is C27H45NO5. The molecule has 0 spiro atoms. The highest BCUT2D eigenvalue weighted by Crippen LogP contribution is 2.23. The van der Waals surface area contributed by atoms with Crippen LogP contribution in [0.2, 0.25) is 0 Å². The summed E-state index contributed by atoms with van der Waals surface area (Å²) in [7, 11) is 0. The van der Waals surface area contributed by atoms with Crippen LogP contribution < -0.4 is 10.1 Å². The van der Waals surface area contributed by atoms with Gasteiger partial charge in [-0.1, -0.05) is 103 Å². The largest absolute Gasteiger partial charge is 0.507 e. The molecule has 33 heavy (non-hydrogen) atoms. The summed E-state index contributed by atoms with van der Waals surface area (Å²) in [6.07, 6.45) is 21.1. The molecule has 3 N–H and O–H groups in total. The number of nitrogens with one attached hydrogen (secondary N) is 1. The number of carbonyl (C=O) groups is 2. The lowest BCUT2D eigenvalue weighted by molar-refractivity contribution is -0.135. The Morgan fingerprint density at radius 1 is 0.788 bits per heavy atom. The molecule has 0 atom stereocenters. The van der Waals surface area contributed by atoms with Crippen LogP contribution in [0.3, 0.4) is 0 Å². The first-order chi connectivity index (χ1) is 16.0. The van der Waals surface area contributed by atoms with Gasteiger partial charge in [0.25, 0.3) is 5.91 Å². The first-order valence-electron chi connectivity index (χ1n) is 13.0. The van der Waals surface area contributed by atoms with E-state index in [-0.39, 0.29) is 11.3 Å². The highest BCUT2D eigenvalue weighted by Gasteiger charge is 2.13. The molecular weight excluding hydrogens is 418 g/mol. The van der Waals surface area contributed by atoms with E-state index in [0.29, 0.717) is 12.4 Å². The number of carboxylic acid groups (broad SMARTS) is 1. The highest BCUT2D eigenvalue weighted by atomic mass is 16.5. The molecule has 0 saturated heterocycles. The number of aromatic hydroxyl groups is 1. The van der Waals surface area contributed by atoms with Gasteiger partial charge in [-0.3, -0.25) is 9.59 Å². The monoisotopic (exact) mass is 463 g/mol. The number of unbranched alkanes of at least 4 members (excludes halogenated alkanes) is 15. The van der Waals surface area contributed by atoms with E-state index in [9.17, 15) is 14.7 Å². The first-order valence-corrected chi connectivity index (χ1v) is 13.0. The van der Waals surface area contributed by atoms with Gasteiger partial charge in [-0.25, -0.2) is 0 Å².